The highest BCUT2D eigenvalue weighted by Crippen LogP contribution is 2.19. The predicted octanol–water partition coefficient (Wildman–Crippen LogP) is 1.50. The molecule has 0 radical (unpaired) electrons. The normalized spacial score (nSPS) is 11.7. The lowest BCUT2D eigenvalue weighted by Crippen LogP contribution is -2.18. The van der Waals surface area contributed by atoms with Crippen LogP contribution < -0.4 is 5.73 Å². The van der Waals surface area contributed by atoms with Gasteiger partial charge >= 0.3 is 0 Å². The molecule has 0 spiro atoms. The average Bonchev–Trinajstić information content (AvgIpc) is 2.02. The summed E-state index contributed by atoms with van der Waals surface area (Å²) in [6.07, 6.45) is 0. The Morgan fingerprint density at radius 3 is 2.50 bits per heavy atom. The molecule has 0 aliphatic rings. The monoisotopic (exact) mass is 195 g/mol. The average molecular weight is 195 g/mol. The van der Waals surface area contributed by atoms with Crippen LogP contribution in [-0.4, -0.2) is 17.1 Å². The van der Waals surface area contributed by atoms with Crippen molar-refractivity contribution in [3.63, 3.8) is 0 Å². The maximum atomic E-state index is 5.68. The quantitative estimate of drug-likeness (QED) is 0.777. The lowest BCUT2D eigenvalue weighted by atomic mass is 9.95. The summed E-state index contributed by atoms with van der Waals surface area (Å²) < 4.78 is 5.00. The molecule has 0 saturated heterocycles. The van der Waals surface area contributed by atoms with Crippen LogP contribution in [0, 0.1) is 0 Å². The highest BCUT2D eigenvalue weighted by atomic mass is 16.5. The second kappa shape index (κ2) is 3.92. The third kappa shape index (κ3) is 2.67. The lowest BCUT2D eigenvalue weighted by Gasteiger charge is -2.17. The van der Waals surface area contributed by atoms with Crippen molar-refractivity contribution >= 4 is 5.82 Å². The zero-order valence-corrected chi connectivity index (χ0v) is 9.16. The molecule has 0 saturated carbocycles. The molecule has 78 valence electrons. The number of anilines is 1. The molecule has 0 amide bonds. The first-order chi connectivity index (χ1) is 6.43. The second-order valence-corrected chi connectivity index (χ2v) is 4.29. The Kier molecular flexibility index (Phi) is 3.06. The topological polar surface area (TPSA) is 61.0 Å². The van der Waals surface area contributed by atoms with Crippen molar-refractivity contribution in [2.24, 2.45) is 0 Å². The van der Waals surface area contributed by atoms with E-state index in [4.69, 9.17) is 10.5 Å². The van der Waals surface area contributed by atoms with E-state index in [1.807, 2.05) is 0 Å². The molecule has 2 N–H and O–H groups in total. The third-order valence-corrected chi connectivity index (χ3v) is 1.76. The van der Waals surface area contributed by atoms with Crippen molar-refractivity contribution in [2.75, 3.05) is 12.8 Å². The maximum Gasteiger partial charge on any atom is 0.136 e. The summed E-state index contributed by atoms with van der Waals surface area (Å²) in [5.41, 5.74) is 6.42. The van der Waals surface area contributed by atoms with E-state index in [-0.39, 0.29) is 5.41 Å². The molecular formula is C10H17N3O. The van der Waals surface area contributed by atoms with E-state index in [2.05, 4.69) is 30.7 Å². The van der Waals surface area contributed by atoms with Gasteiger partial charge in [-0.1, -0.05) is 20.8 Å². The van der Waals surface area contributed by atoms with Gasteiger partial charge in [0.05, 0.1) is 12.3 Å². The van der Waals surface area contributed by atoms with Gasteiger partial charge in [-0.15, -0.1) is 0 Å². The summed E-state index contributed by atoms with van der Waals surface area (Å²) in [6.45, 7) is 6.63. The predicted molar refractivity (Wildman–Crippen MR) is 55.9 cm³/mol. The smallest absolute Gasteiger partial charge is 0.136 e. The molecular weight excluding hydrogens is 178 g/mol. The fourth-order valence-corrected chi connectivity index (χ4v) is 1.08. The molecule has 1 aromatic rings. The molecule has 0 fully saturated rings. The Morgan fingerprint density at radius 1 is 1.36 bits per heavy atom. The lowest BCUT2D eigenvalue weighted by molar-refractivity contribution is 0.181. The van der Waals surface area contributed by atoms with Crippen molar-refractivity contribution in [3.05, 3.63) is 17.6 Å². The number of nitrogen functional groups attached to an aromatic ring is 1. The minimum Gasteiger partial charge on any atom is -0.384 e. The van der Waals surface area contributed by atoms with Crippen LogP contribution in [0.2, 0.25) is 0 Å². The van der Waals surface area contributed by atoms with E-state index < -0.39 is 0 Å². The number of aromatic nitrogens is 2. The Balaban J connectivity index is 3.07. The largest absolute Gasteiger partial charge is 0.384 e. The number of hydrogen-bond donors (Lipinski definition) is 1. The van der Waals surface area contributed by atoms with E-state index in [9.17, 15) is 0 Å². The molecule has 1 heterocycles. The van der Waals surface area contributed by atoms with Gasteiger partial charge in [-0.25, -0.2) is 9.97 Å². The Bertz CT molecular complexity index is 318. The molecule has 4 nitrogen and oxygen atoms in total. The number of ether oxygens (including phenoxy) is 1. The highest BCUT2D eigenvalue weighted by Gasteiger charge is 2.18. The van der Waals surface area contributed by atoms with E-state index in [1.165, 1.54) is 0 Å². The molecule has 0 aromatic carbocycles. The van der Waals surface area contributed by atoms with Crippen LogP contribution in [0.1, 0.15) is 32.3 Å². The van der Waals surface area contributed by atoms with Crippen LogP contribution >= 0.6 is 0 Å². The van der Waals surface area contributed by atoms with Gasteiger partial charge in [0.1, 0.15) is 11.6 Å². The van der Waals surface area contributed by atoms with E-state index >= 15 is 0 Å². The van der Waals surface area contributed by atoms with Gasteiger partial charge in [0.15, 0.2) is 0 Å². The standard InChI is InChI=1S/C10H17N3O/c1-10(2,3)9-12-7(6-14-4)5-8(11)13-9/h5H,6H2,1-4H3,(H2,11,12,13). The van der Waals surface area contributed by atoms with Crippen molar-refractivity contribution in [1.29, 1.82) is 0 Å². The highest BCUT2D eigenvalue weighted by molar-refractivity contribution is 5.30. The van der Waals surface area contributed by atoms with Gasteiger partial charge < -0.3 is 10.5 Å². The number of hydrogen-bond acceptors (Lipinski definition) is 4. The van der Waals surface area contributed by atoms with Crippen molar-refractivity contribution in [3.8, 4) is 0 Å². The van der Waals surface area contributed by atoms with Crippen molar-refractivity contribution in [1.82, 2.24) is 9.97 Å². The van der Waals surface area contributed by atoms with Crippen molar-refractivity contribution in [2.45, 2.75) is 32.8 Å². The summed E-state index contributed by atoms with van der Waals surface area (Å²) in [6, 6.07) is 1.73. The molecule has 14 heavy (non-hydrogen) atoms. The number of nitrogens with zero attached hydrogens (tertiary/aromatic N) is 2. The summed E-state index contributed by atoms with van der Waals surface area (Å²) in [7, 11) is 1.63. The van der Waals surface area contributed by atoms with Gasteiger partial charge in [-0.3, -0.25) is 0 Å². The Labute approximate surface area is 84.5 Å². The minimum atomic E-state index is -0.0854. The summed E-state index contributed by atoms with van der Waals surface area (Å²) in [4.78, 5) is 8.58. The van der Waals surface area contributed by atoms with E-state index in [1.54, 1.807) is 13.2 Å². The molecule has 0 unspecified atom stereocenters. The first-order valence-electron chi connectivity index (χ1n) is 4.56. The number of rotatable bonds is 2. The van der Waals surface area contributed by atoms with Gasteiger partial charge in [-0.2, -0.15) is 0 Å². The Morgan fingerprint density at radius 2 is 2.00 bits per heavy atom. The summed E-state index contributed by atoms with van der Waals surface area (Å²) in [5, 5.41) is 0. The van der Waals surface area contributed by atoms with Gasteiger partial charge in [0.25, 0.3) is 0 Å². The van der Waals surface area contributed by atoms with Crippen molar-refractivity contribution < 1.29 is 4.74 Å². The van der Waals surface area contributed by atoms with Crippen LogP contribution in [0.3, 0.4) is 0 Å². The van der Waals surface area contributed by atoms with Gasteiger partial charge in [0, 0.05) is 18.6 Å². The van der Waals surface area contributed by atoms with Crippen LogP contribution in [0.4, 0.5) is 5.82 Å². The molecule has 4 heteroatoms. The van der Waals surface area contributed by atoms with Crippen LogP contribution in [0.25, 0.3) is 0 Å². The maximum absolute atomic E-state index is 5.68. The molecule has 0 bridgehead atoms. The second-order valence-electron chi connectivity index (χ2n) is 4.29. The third-order valence-electron chi connectivity index (χ3n) is 1.76. The summed E-state index contributed by atoms with van der Waals surface area (Å²) in [5.74, 6) is 1.25. The van der Waals surface area contributed by atoms with E-state index in [0.717, 1.165) is 11.5 Å². The van der Waals surface area contributed by atoms with Gasteiger partial charge in [-0.05, 0) is 0 Å². The zero-order valence-electron chi connectivity index (χ0n) is 9.16. The number of methoxy groups -OCH3 is 1. The van der Waals surface area contributed by atoms with E-state index in [0.29, 0.717) is 12.4 Å². The molecule has 1 aromatic heterocycles. The molecule has 0 aliphatic heterocycles. The van der Waals surface area contributed by atoms with Gasteiger partial charge in [0.2, 0.25) is 0 Å². The molecule has 0 atom stereocenters. The SMILES string of the molecule is COCc1cc(N)nc(C(C)(C)C)n1. The minimum absolute atomic E-state index is 0.0854. The Hall–Kier alpha value is -1.16. The molecule has 1 rings (SSSR count). The fraction of sp³-hybridized carbons (Fsp3) is 0.600. The van der Waals surface area contributed by atoms with Crippen LogP contribution in [-0.2, 0) is 16.8 Å². The molecule has 0 aliphatic carbocycles. The zero-order chi connectivity index (χ0) is 10.8. The summed E-state index contributed by atoms with van der Waals surface area (Å²) >= 11 is 0. The first kappa shape index (κ1) is 10.9. The van der Waals surface area contributed by atoms with Crippen LogP contribution in [0.5, 0.6) is 0 Å². The number of nitrogens with two attached hydrogens (primary N) is 1. The fourth-order valence-electron chi connectivity index (χ4n) is 1.08. The van der Waals surface area contributed by atoms with Crippen LogP contribution in [0.15, 0.2) is 6.07 Å². The first-order valence-corrected chi connectivity index (χ1v) is 4.56.